The molecule has 3 aromatic carbocycles. The summed E-state index contributed by atoms with van der Waals surface area (Å²) in [5.41, 5.74) is 1.30. The standard InChI is InChI=1S/C24H22N2O5/c1-30-21-13-6-10-17(22(21)31-2)14-20(26-23(28)16-8-4-3-5-9-16)24(29)25-18-11-7-12-19(27)15-18/h3-15,27H,1-2H3,(H,25,29)(H,26,28). The van der Waals surface area contributed by atoms with Crippen molar-refractivity contribution >= 4 is 23.6 Å². The number of phenols is 1. The van der Waals surface area contributed by atoms with Gasteiger partial charge in [0.15, 0.2) is 11.5 Å². The normalized spacial score (nSPS) is 10.8. The van der Waals surface area contributed by atoms with Crippen LogP contribution < -0.4 is 20.1 Å². The summed E-state index contributed by atoms with van der Waals surface area (Å²) < 4.78 is 10.7. The van der Waals surface area contributed by atoms with Crippen LogP contribution in [0.4, 0.5) is 5.69 Å². The van der Waals surface area contributed by atoms with Gasteiger partial charge in [0.25, 0.3) is 11.8 Å². The molecule has 0 heterocycles. The van der Waals surface area contributed by atoms with E-state index >= 15 is 0 Å². The van der Waals surface area contributed by atoms with Crippen LogP contribution in [0, 0.1) is 0 Å². The maximum atomic E-state index is 13.0. The predicted molar refractivity (Wildman–Crippen MR) is 118 cm³/mol. The predicted octanol–water partition coefficient (Wildman–Crippen LogP) is 3.82. The molecule has 0 aliphatic rings. The highest BCUT2D eigenvalue weighted by Gasteiger charge is 2.17. The van der Waals surface area contributed by atoms with Crippen molar-refractivity contribution in [3.8, 4) is 17.2 Å². The minimum absolute atomic E-state index is 0.00566. The minimum Gasteiger partial charge on any atom is -0.508 e. The second kappa shape index (κ2) is 9.98. The van der Waals surface area contributed by atoms with Crippen LogP contribution in [0.15, 0.2) is 78.5 Å². The Hall–Kier alpha value is -4.26. The summed E-state index contributed by atoms with van der Waals surface area (Å²) in [5, 5.41) is 15.0. The molecule has 3 rings (SSSR count). The lowest BCUT2D eigenvalue weighted by atomic mass is 10.1. The van der Waals surface area contributed by atoms with E-state index in [-0.39, 0.29) is 11.4 Å². The largest absolute Gasteiger partial charge is 0.508 e. The molecule has 0 unspecified atom stereocenters. The molecule has 3 N–H and O–H groups in total. The number of para-hydroxylation sites is 1. The molecule has 0 radical (unpaired) electrons. The van der Waals surface area contributed by atoms with Crippen molar-refractivity contribution in [2.75, 3.05) is 19.5 Å². The first kappa shape index (κ1) is 21.4. The zero-order chi connectivity index (χ0) is 22.2. The fourth-order valence-corrected chi connectivity index (χ4v) is 2.91. The van der Waals surface area contributed by atoms with E-state index < -0.39 is 11.8 Å². The monoisotopic (exact) mass is 418 g/mol. The van der Waals surface area contributed by atoms with E-state index in [9.17, 15) is 14.7 Å². The Morgan fingerprint density at radius 1 is 0.903 bits per heavy atom. The highest BCUT2D eigenvalue weighted by atomic mass is 16.5. The molecule has 158 valence electrons. The Labute approximate surface area is 179 Å². The first-order chi connectivity index (χ1) is 15.0. The number of hydrogen-bond acceptors (Lipinski definition) is 5. The van der Waals surface area contributed by atoms with E-state index in [1.165, 1.54) is 32.4 Å². The Morgan fingerprint density at radius 3 is 2.32 bits per heavy atom. The molecule has 0 saturated carbocycles. The molecule has 0 bridgehead atoms. The number of phenolic OH excluding ortho intramolecular Hbond substituents is 1. The van der Waals surface area contributed by atoms with Crippen molar-refractivity contribution in [2.24, 2.45) is 0 Å². The quantitative estimate of drug-likeness (QED) is 0.507. The summed E-state index contributed by atoms with van der Waals surface area (Å²) in [6.07, 6.45) is 1.50. The van der Waals surface area contributed by atoms with Gasteiger partial charge in [-0.05, 0) is 36.4 Å². The Balaban J connectivity index is 1.98. The first-order valence-electron chi connectivity index (χ1n) is 9.41. The third-order valence-corrected chi connectivity index (χ3v) is 4.37. The number of aromatic hydroxyl groups is 1. The molecule has 7 heteroatoms. The van der Waals surface area contributed by atoms with Gasteiger partial charge in [0.05, 0.1) is 14.2 Å². The maximum Gasteiger partial charge on any atom is 0.272 e. The van der Waals surface area contributed by atoms with E-state index in [1.807, 2.05) is 0 Å². The molecule has 3 aromatic rings. The smallest absolute Gasteiger partial charge is 0.272 e. The van der Waals surface area contributed by atoms with E-state index in [0.717, 1.165) is 0 Å². The van der Waals surface area contributed by atoms with Gasteiger partial charge >= 0.3 is 0 Å². The van der Waals surface area contributed by atoms with Gasteiger partial charge in [-0.1, -0.05) is 36.4 Å². The number of rotatable bonds is 7. The Morgan fingerprint density at radius 2 is 1.65 bits per heavy atom. The molecule has 0 saturated heterocycles. The van der Waals surface area contributed by atoms with E-state index in [2.05, 4.69) is 10.6 Å². The second-order valence-corrected chi connectivity index (χ2v) is 6.47. The van der Waals surface area contributed by atoms with E-state index in [4.69, 9.17) is 9.47 Å². The van der Waals surface area contributed by atoms with Crippen LogP contribution in [0.5, 0.6) is 17.2 Å². The van der Waals surface area contributed by atoms with Gasteiger partial charge in [-0.25, -0.2) is 0 Å². The molecule has 0 atom stereocenters. The van der Waals surface area contributed by atoms with Crippen molar-refractivity contribution in [3.63, 3.8) is 0 Å². The molecule has 0 aliphatic carbocycles. The number of carbonyl (C=O) groups excluding carboxylic acids is 2. The Kier molecular flexibility index (Phi) is 6.90. The summed E-state index contributed by atoms with van der Waals surface area (Å²) in [4.78, 5) is 25.7. The highest BCUT2D eigenvalue weighted by Crippen LogP contribution is 2.32. The molecule has 0 spiro atoms. The summed E-state index contributed by atoms with van der Waals surface area (Å²) in [6, 6.07) is 19.9. The SMILES string of the molecule is COc1cccc(C=C(NC(=O)c2ccccc2)C(=O)Nc2cccc(O)c2)c1OC. The van der Waals surface area contributed by atoms with Crippen LogP contribution in [-0.2, 0) is 4.79 Å². The summed E-state index contributed by atoms with van der Waals surface area (Å²) in [5.74, 6) is -0.106. The van der Waals surface area contributed by atoms with Crippen molar-refractivity contribution < 1.29 is 24.2 Å². The van der Waals surface area contributed by atoms with Gasteiger partial charge in [-0.3, -0.25) is 9.59 Å². The van der Waals surface area contributed by atoms with Gasteiger partial charge in [0.2, 0.25) is 0 Å². The second-order valence-electron chi connectivity index (χ2n) is 6.47. The maximum absolute atomic E-state index is 13.0. The number of nitrogens with one attached hydrogen (secondary N) is 2. The highest BCUT2D eigenvalue weighted by molar-refractivity contribution is 6.10. The topological polar surface area (TPSA) is 96.9 Å². The van der Waals surface area contributed by atoms with Crippen LogP contribution >= 0.6 is 0 Å². The van der Waals surface area contributed by atoms with Gasteiger partial charge in [0, 0.05) is 22.9 Å². The number of hydrogen-bond donors (Lipinski definition) is 3. The van der Waals surface area contributed by atoms with Crippen LogP contribution in [0.1, 0.15) is 15.9 Å². The van der Waals surface area contributed by atoms with Gasteiger partial charge in [-0.15, -0.1) is 0 Å². The number of ether oxygens (including phenoxy) is 2. The average molecular weight is 418 g/mol. The summed E-state index contributed by atoms with van der Waals surface area (Å²) >= 11 is 0. The molecule has 2 amide bonds. The number of benzene rings is 3. The van der Waals surface area contributed by atoms with Crippen LogP contribution in [0.2, 0.25) is 0 Å². The average Bonchev–Trinajstić information content (AvgIpc) is 2.78. The zero-order valence-electron chi connectivity index (χ0n) is 17.1. The lowest BCUT2D eigenvalue weighted by molar-refractivity contribution is -0.113. The molecule has 0 fully saturated rings. The molecule has 0 aromatic heterocycles. The zero-order valence-corrected chi connectivity index (χ0v) is 17.1. The first-order valence-corrected chi connectivity index (χ1v) is 9.41. The minimum atomic E-state index is -0.570. The van der Waals surface area contributed by atoms with Crippen LogP contribution in [0.3, 0.4) is 0 Å². The lowest BCUT2D eigenvalue weighted by Crippen LogP contribution is -2.30. The van der Waals surface area contributed by atoms with Crippen molar-refractivity contribution in [1.29, 1.82) is 0 Å². The number of anilines is 1. The van der Waals surface area contributed by atoms with Crippen molar-refractivity contribution in [1.82, 2.24) is 5.32 Å². The van der Waals surface area contributed by atoms with Gasteiger partial charge in [-0.2, -0.15) is 0 Å². The Bertz CT molecular complexity index is 1110. The van der Waals surface area contributed by atoms with Crippen molar-refractivity contribution in [2.45, 2.75) is 0 Å². The molecule has 7 nitrogen and oxygen atoms in total. The fraction of sp³-hybridized carbons (Fsp3) is 0.0833. The fourth-order valence-electron chi connectivity index (χ4n) is 2.91. The van der Waals surface area contributed by atoms with E-state index in [1.54, 1.807) is 60.7 Å². The third-order valence-electron chi connectivity index (χ3n) is 4.37. The van der Waals surface area contributed by atoms with Crippen molar-refractivity contribution in [3.05, 3.63) is 89.6 Å². The van der Waals surface area contributed by atoms with Crippen LogP contribution in [-0.4, -0.2) is 31.1 Å². The van der Waals surface area contributed by atoms with Gasteiger partial charge < -0.3 is 25.2 Å². The molecule has 0 aliphatic heterocycles. The third kappa shape index (κ3) is 5.42. The lowest BCUT2D eigenvalue weighted by Gasteiger charge is -2.14. The molecular weight excluding hydrogens is 396 g/mol. The molecule has 31 heavy (non-hydrogen) atoms. The number of methoxy groups -OCH3 is 2. The molecular formula is C24H22N2O5. The number of carbonyl (C=O) groups is 2. The van der Waals surface area contributed by atoms with Crippen LogP contribution in [0.25, 0.3) is 6.08 Å². The summed E-state index contributed by atoms with van der Waals surface area (Å²) in [7, 11) is 3.00. The summed E-state index contributed by atoms with van der Waals surface area (Å²) in [6.45, 7) is 0. The number of amides is 2. The van der Waals surface area contributed by atoms with Gasteiger partial charge in [0.1, 0.15) is 11.4 Å². The van der Waals surface area contributed by atoms with E-state index in [0.29, 0.717) is 28.3 Å².